The normalized spacial score (nSPS) is 10.3. The average molecular weight is 423 g/mol. The second-order valence-corrected chi connectivity index (χ2v) is 6.57. The first kappa shape index (κ1) is 21.8. The van der Waals surface area contributed by atoms with Crippen LogP contribution >= 0.6 is 0 Å². The van der Waals surface area contributed by atoms with Gasteiger partial charge >= 0.3 is 0 Å². The molecule has 0 spiro atoms. The van der Waals surface area contributed by atoms with Crippen LogP contribution in [0, 0.1) is 5.82 Å². The van der Waals surface area contributed by atoms with Crippen LogP contribution in [0.4, 0.5) is 15.8 Å². The number of nitrogens with zero attached hydrogens (tertiary/aromatic N) is 1. The molecule has 0 aliphatic rings. The van der Waals surface area contributed by atoms with Gasteiger partial charge < -0.3 is 20.1 Å². The molecule has 2 N–H and O–H groups in total. The van der Waals surface area contributed by atoms with E-state index < -0.39 is 17.6 Å². The van der Waals surface area contributed by atoms with Crippen molar-refractivity contribution >= 4 is 23.2 Å². The molecule has 0 aliphatic carbocycles. The lowest BCUT2D eigenvalue weighted by atomic mass is 10.1. The van der Waals surface area contributed by atoms with Gasteiger partial charge in [-0.2, -0.15) is 0 Å². The Balaban J connectivity index is 1.75. The first-order valence-corrected chi connectivity index (χ1v) is 9.63. The topological polar surface area (TPSA) is 89.6 Å². The van der Waals surface area contributed by atoms with Crippen LogP contribution < -0.4 is 20.1 Å². The van der Waals surface area contributed by atoms with E-state index in [2.05, 4.69) is 15.6 Å². The smallest absolute Gasteiger partial charge is 0.255 e. The van der Waals surface area contributed by atoms with Gasteiger partial charge in [0.1, 0.15) is 12.4 Å². The monoisotopic (exact) mass is 423 g/mol. The Morgan fingerprint density at radius 2 is 1.74 bits per heavy atom. The van der Waals surface area contributed by atoms with E-state index >= 15 is 0 Å². The average Bonchev–Trinajstić information content (AvgIpc) is 2.75. The Labute approximate surface area is 179 Å². The number of halogens is 1. The van der Waals surface area contributed by atoms with Gasteiger partial charge in [0.15, 0.2) is 11.5 Å². The molecule has 0 atom stereocenters. The highest BCUT2D eigenvalue weighted by Gasteiger charge is 2.13. The molecular formula is C23H22FN3O4. The maximum absolute atomic E-state index is 13.8. The molecule has 1 aromatic heterocycles. The molecule has 160 valence electrons. The number of pyridine rings is 1. The van der Waals surface area contributed by atoms with Crippen molar-refractivity contribution < 1.29 is 23.5 Å². The molecule has 3 rings (SSSR count). The predicted octanol–water partition coefficient (Wildman–Crippen LogP) is 4.41. The quantitative estimate of drug-likeness (QED) is 0.560. The van der Waals surface area contributed by atoms with Gasteiger partial charge in [0.25, 0.3) is 5.91 Å². The SMILES string of the molecule is CCOc1cc(C(=O)Nc2ccc(F)c(NC(C)=O)c2)ccc1OCc1ccncc1. The van der Waals surface area contributed by atoms with E-state index in [9.17, 15) is 14.0 Å². The molecule has 31 heavy (non-hydrogen) atoms. The third-order valence-corrected chi connectivity index (χ3v) is 4.18. The van der Waals surface area contributed by atoms with Gasteiger partial charge in [0.05, 0.1) is 12.3 Å². The Morgan fingerprint density at radius 1 is 0.968 bits per heavy atom. The third-order valence-electron chi connectivity index (χ3n) is 4.18. The van der Waals surface area contributed by atoms with E-state index in [1.54, 1.807) is 30.6 Å². The zero-order valence-corrected chi connectivity index (χ0v) is 17.1. The number of hydrogen-bond donors (Lipinski definition) is 2. The molecule has 0 saturated carbocycles. The van der Waals surface area contributed by atoms with Crippen molar-refractivity contribution in [3.05, 3.63) is 77.9 Å². The zero-order valence-electron chi connectivity index (χ0n) is 17.1. The molecule has 0 fully saturated rings. The zero-order chi connectivity index (χ0) is 22.2. The van der Waals surface area contributed by atoms with Gasteiger partial charge in [-0.25, -0.2) is 4.39 Å². The van der Waals surface area contributed by atoms with Crippen LogP contribution in [0.25, 0.3) is 0 Å². The molecule has 0 saturated heterocycles. The molecule has 0 radical (unpaired) electrons. The number of hydrogen-bond acceptors (Lipinski definition) is 5. The van der Waals surface area contributed by atoms with Crippen molar-refractivity contribution in [3.63, 3.8) is 0 Å². The van der Waals surface area contributed by atoms with Gasteiger partial charge in [0, 0.05) is 30.6 Å². The minimum Gasteiger partial charge on any atom is -0.490 e. The molecule has 7 nitrogen and oxygen atoms in total. The van der Waals surface area contributed by atoms with E-state index in [1.807, 2.05) is 19.1 Å². The van der Waals surface area contributed by atoms with Crippen molar-refractivity contribution in [1.82, 2.24) is 4.98 Å². The van der Waals surface area contributed by atoms with Crippen LogP contribution in [0.15, 0.2) is 60.9 Å². The van der Waals surface area contributed by atoms with Gasteiger partial charge in [-0.15, -0.1) is 0 Å². The van der Waals surface area contributed by atoms with E-state index in [1.165, 1.54) is 25.1 Å². The second-order valence-electron chi connectivity index (χ2n) is 6.57. The number of anilines is 2. The molecule has 1 heterocycles. The second kappa shape index (κ2) is 10.2. The fraction of sp³-hybridized carbons (Fsp3) is 0.174. The van der Waals surface area contributed by atoms with Crippen LogP contribution in [-0.2, 0) is 11.4 Å². The Morgan fingerprint density at radius 3 is 2.45 bits per heavy atom. The van der Waals surface area contributed by atoms with Crippen molar-refractivity contribution in [3.8, 4) is 11.5 Å². The molecule has 0 aliphatic heterocycles. The summed E-state index contributed by atoms with van der Waals surface area (Å²) in [6.07, 6.45) is 3.37. The molecule has 3 aromatic rings. The fourth-order valence-electron chi connectivity index (χ4n) is 2.77. The standard InChI is InChI=1S/C23H22FN3O4/c1-3-30-22-12-17(4-7-21(22)31-14-16-8-10-25-11-9-16)23(29)27-18-5-6-19(24)20(13-18)26-15(2)28/h4-13H,3,14H2,1-2H3,(H,26,28)(H,27,29). The lowest BCUT2D eigenvalue weighted by molar-refractivity contribution is -0.114. The molecule has 2 aromatic carbocycles. The lowest BCUT2D eigenvalue weighted by Crippen LogP contribution is -2.13. The number of carbonyl (C=O) groups excluding carboxylic acids is 2. The minimum absolute atomic E-state index is 0.0137. The summed E-state index contributed by atoms with van der Waals surface area (Å²) in [5.41, 5.74) is 1.61. The summed E-state index contributed by atoms with van der Waals surface area (Å²) < 4.78 is 25.3. The third kappa shape index (κ3) is 6.02. The van der Waals surface area contributed by atoms with Crippen LogP contribution in [0.1, 0.15) is 29.8 Å². The first-order chi connectivity index (χ1) is 15.0. The van der Waals surface area contributed by atoms with E-state index in [4.69, 9.17) is 9.47 Å². The van der Waals surface area contributed by atoms with E-state index in [0.717, 1.165) is 5.56 Å². The number of nitrogens with one attached hydrogen (secondary N) is 2. The summed E-state index contributed by atoms with van der Waals surface area (Å²) in [7, 11) is 0. The van der Waals surface area contributed by atoms with Gasteiger partial charge in [-0.3, -0.25) is 14.6 Å². The number of benzene rings is 2. The van der Waals surface area contributed by atoms with Gasteiger partial charge in [0.2, 0.25) is 5.91 Å². The van der Waals surface area contributed by atoms with Crippen LogP contribution in [0.3, 0.4) is 0 Å². The molecule has 0 bridgehead atoms. The summed E-state index contributed by atoms with van der Waals surface area (Å²) in [5, 5.41) is 5.07. The van der Waals surface area contributed by atoms with Crippen molar-refractivity contribution in [2.75, 3.05) is 17.2 Å². The number of ether oxygens (including phenoxy) is 2. The number of carbonyl (C=O) groups is 2. The van der Waals surface area contributed by atoms with Crippen molar-refractivity contribution in [1.29, 1.82) is 0 Å². The molecular weight excluding hydrogens is 401 g/mol. The fourth-order valence-corrected chi connectivity index (χ4v) is 2.77. The lowest BCUT2D eigenvalue weighted by Gasteiger charge is -2.14. The Kier molecular flexibility index (Phi) is 7.16. The summed E-state index contributed by atoms with van der Waals surface area (Å²) in [6, 6.07) is 12.5. The highest BCUT2D eigenvalue weighted by atomic mass is 19.1. The summed E-state index contributed by atoms with van der Waals surface area (Å²) in [4.78, 5) is 27.9. The largest absolute Gasteiger partial charge is 0.490 e. The highest BCUT2D eigenvalue weighted by molar-refractivity contribution is 6.05. The number of rotatable bonds is 8. The number of aromatic nitrogens is 1. The van der Waals surface area contributed by atoms with Crippen LogP contribution in [-0.4, -0.2) is 23.4 Å². The molecule has 8 heteroatoms. The predicted molar refractivity (Wildman–Crippen MR) is 115 cm³/mol. The van der Waals surface area contributed by atoms with Crippen molar-refractivity contribution in [2.45, 2.75) is 20.5 Å². The maximum atomic E-state index is 13.8. The first-order valence-electron chi connectivity index (χ1n) is 9.63. The van der Waals surface area contributed by atoms with Crippen LogP contribution in [0.5, 0.6) is 11.5 Å². The van der Waals surface area contributed by atoms with Crippen LogP contribution in [0.2, 0.25) is 0 Å². The Hall–Kier alpha value is -3.94. The van der Waals surface area contributed by atoms with E-state index in [0.29, 0.717) is 36.0 Å². The minimum atomic E-state index is -0.595. The van der Waals surface area contributed by atoms with Crippen molar-refractivity contribution in [2.24, 2.45) is 0 Å². The van der Waals surface area contributed by atoms with Gasteiger partial charge in [-0.1, -0.05) is 0 Å². The Bertz CT molecular complexity index is 1070. The van der Waals surface area contributed by atoms with E-state index in [-0.39, 0.29) is 5.69 Å². The summed E-state index contributed by atoms with van der Waals surface area (Å²) >= 11 is 0. The highest BCUT2D eigenvalue weighted by Crippen LogP contribution is 2.30. The summed E-state index contributed by atoms with van der Waals surface area (Å²) in [6.45, 7) is 3.84. The summed E-state index contributed by atoms with van der Waals surface area (Å²) in [5.74, 6) is -0.483. The van der Waals surface area contributed by atoms with Gasteiger partial charge in [-0.05, 0) is 61.0 Å². The number of amides is 2. The molecule has 0 unspecified atom stereocenters. The molecule has 2 amide bonds. The maximum Gasteiger partial charge on any atom is 0.255 e.